The fraction of sp³-hybridized carbons (Fsp3) is 0.533. The van der Waals surface area contributed by atoms with Gasteiger partial charge in [-0.3, -0.25) is 4.79 Å². The minimum Gasteiger partial charge on any atom is -0.396 e. The molecular formula is C15H23FN2O2. The van der Waals surface area contributed by atoms with E-state index in [0.717, 1.165) is 6.54 Å². The normalized spacial score (nSPS) is 11.1. The van der Waals surface area contributed by atoms with Crippen molar-refractivity contribution < 1.29 is 14.3 Å². The van der Waals surface area contributed by atoms with Crippen molar-refractivity contribution in [3.8, 4) is 0 Å². The molecule has 0 atom stereocenters. The molecule has 0 aromatic heterocycles. The molecule has 1 rings (SSSR count). The third-order valence-electron chi connectivity index (χ3n) is 3.11. The monoisotopic (exact) mass is 282 g/mol. The molecule has 0 saturated carbocycles. The van der Waals surface area contributed by atoms with E-state index in [-0.39, 0.29) is 18.2 Å². The molecule has 1 aromatic rings. The molecule has 0 radical (unpaired) electrons. The lowest BCUT2D eigenvalue weighted by molar-refractivity contribution is -0.116. The predicted octanol–water partition coefficient (Wildman–Crippen LogP) is 2.25. The number of hydrogen-bond acceptors (Lipinski definition) is 3. The molecule has 2 N–H and O–H groups in total. The summed E-state index contributed by atoms with van der Waals surface area (Å²) in [6.45, 7) is 5.59. The molecule has 0 aliphatic carbocycles. The second-order valence-electron chi connectivity index (χ2n) is 4.98. The Morgan fingerprint density at radius 2 is 2.05 bits per heavy atom. The third kappa shape index (κ3) is 5.67. The van der Waals surface area contributed by atoms with Gasteiger partial charge in [-0.1, -0.05) is 12.1 Å². The van der Waals surface area contributed by atoms with Crippen LogP contribution < -0.4 is 5.32 Å². The Morgan fingerprint density at radius 3 is 2.65 bits per heavy atom. The summed E-state index contributed by atoms with van der Waals surface area (Å²) in [4.78, 5) is 13.9. The number of carbonyl (C=O) groups is 1. The summed E-state index contributed by atoms with van der Waals surface area (Å²) in [5.74, 6) is -0.633. The largest absolute Gasteiger partial charge is 0.396 e. The van der Waals surface area contributed by atoms with Gasteiger partial charge < -0.3 is 15.3 Å². The molecule has 0 spiro atoms. The number of para-hydroxylation sites is 1. The first-order valence-electron chi connectivity index (χ1n) is 6.94. The van der Waals surface area contributed by atoms with Crippen molar-refractivity contribution in [2.45, 2.75) is 32.7 Å². The second kappa shape index (κ2) is 8.66. The minimum atomic E-state index is -0.429. The first-order chi connectivity index (χ1) is 9.54. The molecule has 0 heterocycles. The third-order valence-corrected chi connectivity index (χ3v) is 3.11. The molecule has 1 aromatic carbocycles. The van der Waals surface area contributed by atoms with Crippen molar-refractivity contribution in [1.82, 2.24) is 4.90 Å². The van der Waals surface area contributed by atoms with E-state index >= 15 is 0 Å². The standard InChI is InChI=1S/C15H23FN2O2/c1-12(2)18(9-5-11-19)10-8-15(20)17-14-7-4-3-6-13(14)16/h3-4,6-7,12,19H,5,8-11H2,1-2H3,(H,17,20). The number of nitrogens with one attached hydrogen (secondary N) is 1. The van der Waals surface area contributed by atoms with Crippen molar-refractivity contribution in [2.24, 2.45) is 0 Å². The second-order valence-corrected chi connectivity index (χ2v) is 4.98. The molecular weight excluding hydrogens is 259 g/mol. The maximum Gasteiger partial charge on any atom is 0.225 e. The number of rotatable bonds is 8. The van der Waals surface area contributed by atoms with Crippen LogP contribution in [0.15, 0.2) is 24.3 Å². The number of anilines is 1. The topological polar surface area (TPSA) is 52.6 Å². The number of hydrogen-bond donors (Lipinski definition) is 2. The molecule has 1 amide bonds. The van der Waals surface area contributed by atoms with Crippen LogP contribution in [-0.2, 0) is 4.79 Å². The SMILES string of the molecule is CC(C)N(CCCO)CCC(=O)Nc1ccccc1F. The number of amides is 1. The van der Waals surface area contributed by atoms with Gasteiger partial charge in [0, 0.05) is 32.2 Å². The lowest BCUT2D eigenvalue weighted by Crippen LogP contribution is -2.35. The Bertz CT molecular complexity index is 424. The van der Waals surface area contributed by atoms with E-state index in [0.29, 0.717) is 25.4 Å². The summed E-state index contributed by atoms with van der Waals surface area (Å²) < 4.78 is 13.4. The van der Waals surface area contributed by atoms with Crippen molar-refractivity contribution >= 4 is 11.6 Å². The van der Waals surface area contributed by atoms with Crippen LogP contribution in [0.3, 0.4) is 0 Å². The summed E-state index contributed by atoms with van der Waals surface area (Å²) in [5.41, 5.74) is 0.212. The number of carbonyl (C=O) groups excluding carboxylic acids is 1. The number of aliphatic hydroxyl groups excluding tert-OH is 1. The van der Waals surface area contributed by atoms with E-state index in [9.17, 15) is 9.18 Å². The Kier molecular flexibility index (Phi) is 7.18. The van der Waals surface area contributed by atoms with Gasteiger partial charge in [0.15, 0.2) is 0 Å². The summed E-state index contributed by atoms with van der Waals surface area (Å²) in [6, 6.07) is 6.43. The smallest absolute Gasteiger partial charge is 0.225 e. The summed E-state index contributed by atoms with van der Waals surface area (Å²) in [6.07, 6.45) is 0.991. The first kappa shape index (κ1) is 16.6. The van der Waals surface area contributed by atoms with Crippen LogP contribution in [0, 0.1) is 5.82 Å². The molecule has 0 aliphatic heterocycles. The average Bonchev–Trinajstić information content (AvgIpc) is 2.41. The zero-order valence-electron chi connectivity index (χ0n) is 12.1. The minimum absolute atomic E-state index is 0.143. The number of nitrogens with zero attached hydrogens (tertiary/aromatic N) is 1. The van der Waals surface area contributed by atoms with Gasteiger partial charge in [-0.05, 0) is 32.4 Å². The molecule has 0 saturated heterocycles. The molecule has 20 heavy (non-hydrogen) atoms. The molecule has 4 nitrogen and oxygen atoms in total. The fourth-order valence-electron chi connectivity index (χ4n) is 1.92. The predicted molar refractivity (Wildman–Crippen MR) is 78.1 cm³/mol. The fourth-order valence-corrected chi connectivity index (χ4v) is 1.92. The average molecular weight is 282 g/mol. The Morgan fingerprint density at radius 1 is 1.35 bits per heavy atom. The highest BCUT2D eigenvalue weighted by atomic mass is 19.1. The Balaban J connectivity index is 2.43. The van der Waals surface area contributed by atoms with E-state index in [1.54, 1.807) is 18.2 Å². The van der Waals surface area contributed by atoms with Gasteiger partial charge >= 0.3 is 0 Å². The van der Waals surface area contributed by atoms with E-state index in [1.807, 2.05) is 13.8 Å². The zero-order chi connectivity index (χ0) is 15.0. The lowest BCUT2D eigenvalue weighted by Gasteiger charge is -2.25. The molecule has 5 heteroatoms. The first-order valence-corrected chi connectivity index (χ1v) is 6.94. The van der Waals surface area contributed by atoms with Crippen LogP contribution in [0.1, 0.15) is 26.7 Å². The van der Waals surface area contributed by atoms with Gasteiger partial charge in [-0.25, -0.2) is 4.39 Å². The summed E-state index contributed by atoms with van der Waals surface area (Å²) in [7, 11) is 0. The van der Waals surface area contributed by atoms with Gasteiger partial charge in [0.2, 0.25) is 5.91 Å². The van der Waals surface area contributed by atoms with Gasteiger partial charge in [0.05, 0.1) is 5.69 Å². The highest BCUT2D eigenvalue weighted by Gasteiger charge is 2.12. The van der Waals surface area contributed by atoms with Gasteiger partial charge in [-0.2, -0.15) is 0 Å². The molecule has 0 unspecified atom stereocenters. The highest BCUT2D eigenvalue weighted by Crippen LogP contribution is 2.12. The quantitative estimate of drug-likeness (QED) is 0.769. The van der Waals surface area contributed by atoms with E-state index in [1.165, 1.54) is 6.07 Å². The summed E-state index contributed by atoms with van der Waals surface area (Å²) in [5, 5.41) is 11.4. The maximum absolute atomic E-state index is 13.4. The van der Waals surface area contributed by atoms with Crippen LogP contribution in [0.5, 0.6) is 0 Å². The van der Waals surface area contributed by atoms with E-state index in [4.69, 9.17) is 5.11 Å². The van der Waals surface area contributed by atoms with Gasteiger partial charge in [0.25, 0.3) is 0 Å². The Hall–Kier alpha value is -1.46. The van der Waals surface area contributed by atoms with Crippen LogP contribution >= 0.6 is 0 Å². The van der Waals surface area contributed by atoms with E-state index in [2.05, 4.69) is 10.2 Å². The maximum atomic E-state index is 13.4. The zero-order valence-corrected chi connectivity index (χ0v) is 12.1. The number of aliphatic hydroxyl groups is 1. The Labute approximate surface area is 119 Å². The number of benzene rings is 1. The van der Waals surface area contributed by atoms with Crippen LogP contribution in [-0.4, -0.2) is 41.7 Å². The molecule has 0 aliphatic rings. The molecule has 0 fully saturated rings. The van der Waals surface area contributed by atoms with E-state index < -0.39 is 5.82 Å². The van der Waals surface area contributed by atoms with Crippen LogP contribution in [0.2, 0.25) is 0 Å². The van der Waals surface area contributed by atoms with Crippen molar-refractivity contribution in [3.05, 3.63) is 30.1 Å². The van der Waals surface area contributed by atoms with Crippen molar-refractivity contribution in [2.75, 3.05) is 25.0 Å². The van der Waals surface area contributed by atoms with Gasteiger partial charge in [-0.15, -0.1) is 0 Å². The van der Waals surface area contributed by atoms with Crippen molar-refractivity contribution in [1.29, 1.82) is 0 Å². The summed E-state index contributed by atoms with van der Waals surface area (Å²) >= 11 is 0. The van der Waals surface area contributed by atoms with Crippen LogP contribution in [0.4, 0.5) is 10.1 Å². The number of halogens is 1. The molecule has 0 bridgehead atoms. The lowest BCUT2D eigenvalue weighted by atomic mass is 10.2. The van der Waals surface area contributed by atoms with Gasteiger partial charge in [0.1, 0.15) is 5.82 Å². The van der Waals surface area contributed by atoms with Crippen LogP contribution in [0.25, 0.3) is 0 Å². The van der Waals surface area contributed by atoms with Crippen molar-refractivity contribution in [3.63, 3.8) is 0 Å². The molecule has 112 valence electrons. The highest BCUT2D eigenvalue weighted by molar-refractivity contribution is 5.90.